The van der Waals surface area contributed by atoms with Crippen molar-refractivity contribution in [2.75, 3.05) is 46.0 Å². The first-order chi connectivity index (χ1) is 15.0. The topological polar surface area (TPSA) is 125 Å². The minimum absolute atomic E-state index is 0.0422. The van der Waals surface area contributed by atoms with E-state index in [1.807, 2.05) is 25.7 Å². The summed E-state index contributed by atoms with van der Waals surface area (Å²) in [4.78, 5) is 36.6. The highest BCUT2D eigenvalue weighted by atomic mass is 32.2. The molecule has 2 N–H and O–H groups in total. The number of likely N-dealkylation sites (N-methyl/N-ethyl adjacent to an activating group) is 1. The van der Waals surface area contributed by atoms with E-state index in [2.05, 4.69) is 20.6 Å². The Bertz CT molecular complexity index is 1150. The van der Waals surface area contributed by atoms with Crippen LogP contribution in [0.3, 0.4) is 0 Å². The molecular formula is C20H26N6O4S2. The molecule has 3 rings (SSSR count). The van der Waals surface area contributed by atoms with E-state index in [4.69, 9.17) is 0 Å². The largest absolute Gasteiger partial charge is 0.343 e. The molecule has 0 radical (unpaired) electrons. The molecule has 0 bridgehead atoms. The summed E-state index contributed by atoms with van der Waals surface area (Å²) in [6.07, 6.45) is 2.65. The Morgan fingerprint density at radius 3 is 2.56 bits per heavy atom. The van der Waals surface area contributed by atoms with Gasteiger partial charge in [-0.1, -0.05) is 18.7 Å². The molecule has 1 aromatic heterocycles. The second-order valence-corrected chi connectivity index (χ2v) is 10.8. The van der Waals surface area contributed by atoms with Gasteiger partial charge in [-0.2, -0.15) is 4.98 Å². The number of thioether (sulfide) groups is 1. The van der Waals surface area contributed by atoms with Crippen LogP contribution in [0.5, 0.6) is 0 Å². The zero-order valence-corrected chi connectivity index (χ0v) is 20.2. The van der Waals surface area contributed by atoms with Crippen molar-refractivity contribution in [2.45, 2.75) is 31.7 Å². The predicted molar refractivity (Wildman–Crippen MR) is 128 cm³/mol. The van der Waals surface area contributed by atoms with Crippen molar-refractivity contribution in [3.63, 3.8) is 0 Å². The molecule has 0 saturated carbocycles. The highest BCUT2D eigenvalue weighted by molar-refractivity contribution is 8.13. The van der Waals surface area contributed by atoms with Crippen LogP contribution >= 0.6 is 11.8 Å². The van der Waals surface area contributed by atoms with Crippen molar-refractivity contribution in [1.29, 1.82) is 0 Å². The molecule has 172 valence electrons. The van der Waals surface area contributed by atoms with Crippen LogP contribution in [0, 0.1) is 0 Å². The smallest absolute Gasteiger partial charge is 0.283 e. The molecule has 0 fully saturated rings. The Morgan fingerprint density at radius 2 is 1.94 bits per heavy atom. The molecule has 2 amide bonds. The fourth-order valence-electron chi connectivity index (χ4n) is 3.13. The van der Waals surface area contributed by atoms with Crippen molar-refractivity contribution in [1.82, 2.24) is 9.97 Å². The number of nitrogens with zero attached hydrogens (tertiary/aromatic N) is 4. The van der Waals surface area contributed by atoms with Gasteiger partial charge in [0.25, 0.3) is 5.24 Å². The van der Waals surface area contributed by atoms with Crippen LogP contribution in [0.4, 0.5) is 33.6 Å². The minimum Gasteiger partial charge on any atom is -0.343 e. The van der Waals surface area contributed by atoms with Crippen molar-refractivity contribution >= 4 is 61.6 Å². The molecule has 1 aliphatic rings. The molecule has 0 atom stereocenters. The van der Waals surface area contributed by atoms with Gasteiger partial charge in [-0.05, 0) is 37.8 Å². The zero-order chi connectivity index (χ0) is 23.6. The number of hydrogen-bond donors (Lipinski definition) is 2. The lowest BCUT2D eigenvalue weighted by atomic mass is 10.2. The summed E-state index contributed by atoms with van der Waals surface area (Å²) in [6.45, 7) is 5.99. The summed E-state index contributed by atoms with van der Waals surface area (Å²) >= 11 is 1.09. The maximum atomic E-state index is 12.3. The van der Waals surface area contributed by atoms with Crippen LogP contribution in [-0.2, 0) is 14.6 Å². The Kier molecular flexibility index (Phi) is 6.94. The van der Waals surface area contributed by atoms with Gasteiger partial charge in [0.15, 0.2) is 15.7 Å². The highest BCUT2D eigenvalue weighted by Gasteiger charge is 2.30. The van der Waals surface area contributed by atoms with Gasteiger partial charge in [0, 0.05) is 30.7 Å². The van der Waals surface area contributed by atoms with E-state index in [1.165, 1.54) is 17.0 Å². The number of benzene rings is 1. The van der Waals surface area contributed by atoms with E-state index in [0.717, 1.165) is 18.0 Å². The Morgan fingerprint density at radius 1 is 1.25 bits per heavy atom. The first-order valence-corrected chi connectivity index (χ1v) is 12.8. The fourth-order valence-corrected chi connectivity index (χ4v) is 4.27. The SMILES string of the molecule is CCSC(=O)Nc1cc(Nc2ncc3c(n2)N(C(C)C)CC(=O)N3C)cc(S(C)(=O)=O)c1. The van der Waals surface area contributed by atoms with Gasteiger partial charge >= 0.3 is 0 Å². The lowest BCUT2D eigenvalue weighted by molar-refractivity contribution is -0.117. The monoisotopic (exact) mass is 478 g/mol. The second kappa shape index (κ2) is 9.33. The molecule has 0 unspecified atom stereocenters. The molecule has 2 heterocycles. The van der Waals surface area contributed by atoms with Gasteiger partial charge in [0.2, 0.25) is 11.9 Å². The number of anilines is 5. The number of amides is 2. The fraction of sp³-hybridized carbons (Fsp3) is 0.400. The molecule has 1 aliphatic heterocycles. The van der Waals surface area contributed by atoms with E-state index in [0.29, 0.717) is 28.6 Å². The van der Waals surface area contributed by atoms with Crippen molar-refractivity contribution < 1.29 is 18.0 Å². The number of nitrogens with one attached hydrogen (secondary N) is 2. The first kappa shape index (κ1) is 23.8. The minimum atomic E-state index is -3.53. The number of hydrogen-bond acceptors (Lipinski definition) is 9. The van der Waals surface area contributed by atoms with Crippen LogP contribution in [0.25, 0.3) is 0 Å². The molecular weight excluding hydrogens is 452 g/mol. The normalized spacial score (nSPS) is 13.9. The van der Waals surface area contributed by atoms with E-state index >= 15 is 0 Å². The van der Waals surface area contributed by atoms with Crippen LogP contribution in [0.1, 0.15) is 20.8 Å². The maximum absolute atomic E-state index is 12.3. The van der Waals surface area contributed by atoms with Gasteiger partial charge in [-0.25, -0.2) is 13.4 Å². The average Bonchev–Trinajstić information content (AvgIpc) is 2.69. The van der Waals surface area contributed by atoms with Crippen molar-refractivity contribution in [3.05, 3.63) is 24.4 Å². The zero-order valence-electron chi connectivity index (χ0n) is 18.5. The van der Waals surface area contributed by atoms with Gasteiger partial charge < -0.3 is 20.4 Å². The molecule has 32 heavy (non-hydrogen) atoms. The van der Waals surface area contributed by atoms with Gasteiger partial charge in [0.1, 0.15) is 5.69 Å². The molecule has 2 aromatic rings. The van der Waals surface area contributed by atoms with Crippen LogP contribution in [0.2, 0.25) is 0 Å². The Labute approximate surface area is 191 Å². The van der Waals surface area contributed by atoms with Crippen LogP contribution in [-0.4, -0.2) is 61.2 Å². The summed E-state index contributed by atoms with van der Waals surface area (Å²) in [5, 5.41) is 5.43. The summed E-state index contributed by atoms with van der Waals surface area (Å²) in [5.74, 6) is 1.38. The maximum Gasteiger partial charge on any atom is 0.283 e. The molecule has 12 heteroatoms. The number of carbonyl (C=O) groups excluding carboxylic acids is 2. The third-order valence-corrected chi connectivity index (χ3v) is 6.54. The van der Waals surface area contributed by atoms with Crippen LogP contribution in [0.15, 0.2) is 29.3 Å². The first-order valence-electron chi connectivity index (χ1n) is 9.95. The third kappa shape index (κ3) is 5.30. The van der Waals surface area contributed by atoms with Gasteiger partial charge in [-0.3, -0.25) is 9.59 Å². The number of fused-ring (bicyclic) bond motifs is 1. The third-order valence-electron chi connectivity index (χ3n) is 4.80. The van der Waals surface area contributed by atoms with E-state index in [1.54, 1.807) is 19.3 Å². The molecule has 0 saturated heterocycles. The lowest BCUT2D eigenvalue weighted by Gasteiger charge is -2.36. The molecule has 1 aromatic carbocycles. The summed E-state index contributed by atoms with van der Waals surface area (Å²) < 4.78 is 24.3. The molecule has 0 spiro atoms. The summed E-state index contributed by atoms with van der Waals surface area (Å²) in [7, 11) is -1.85. The van der Waals surface area contributed by atoms with Crippen LogP contribution < -0.4 is 20.4 Å². The Balaban J connectivity index is 1.98. The second-order valence-electron chi connectivity index (χ2n) is 7.57. The average molecular weight is 479 g/mol. The molecule has 0 aliphatic carbocycles. The van der Waals surface area contributed by atoms with E-state index < -0.39 is 9.84 Å². The standard InChI is InChI=1S/C20H26N6O4S2/c1-6-31-20(28)23-14-7-13(8-15(9-14)32(5,29)30)22-19-21-10-16-18(24-19)26(12(2)3)11-17(27)25(16)4/h7-10,12H,6,11H2,1-5H3,(H,23,28)(H,21,22,24). The number of rotatable bonds is 6. The lowest BCUT2D eigenvalue weighted by Crippen LogP contribution is -2.47. The van der Waals surface area contributed by atoms with E-state index in [9.17, 15) is 18.0 Å². The molecule has 10 nitrogen and oxygen atoms in total. The summed E-state index contributed by atoms with van der Waals surface area (Å²) in [6, 6.07) is 4.52. The number of sulfone groups is 1. The quantitative estimate of drug-likeness (QED) is 0.644. The number of carbonyl (C=O) groups is 2. The van der Waals surface area contributed by atoms with Gasteiger partial charge in [-0.15, -0.1) is 0 Å². The van der Waals surface area contributed by atoms with Crippen molar-refractivity contribution in [3.8, 4) is 0 Å². The van der Waals surface area contributed by atoms with Crippen molar-refractivity contribution in [2.24, 2.45) is 0 Å². The highest BCUT2D eigenvalue weighted by Crippen LogP contribution is 2.33. The van der Waals surface area contributed by atoms with Gasteiger partial charge in [0.05, 0.1) is 17.6 Å². The number of aromatic nitrogens is 2. The van der Waals surface area contributed by atoms with E-state index in [-0.39, 0.29) is 34.6 Å². The Hall–Kier alpha value is -2.86. The summed E-state index contributed by atoms with van der Waals surface area (Å²) in [5.41, 5.74) is 1.34. The predicted octanol–water partition coefficient (Wildman–Crippen LogP) is 3.10.